The van der Waals surface area contributed by atoms with Crippen molar-refractivity contribution < 1.29 is 13.9 Å². The molecule has 3 aromatic rings. The third-order valence-electron chi connectivity index (χ3n) is 2.85. The lowest BCUT2D eigenvalue weighted by Gasteiger charge is -2.04. The Balaban J connectivity index is 0.00000176. The molecule has 3 nitrogen and oxygen atoms in total. The molecule has 3 rings (SSSR count). The van der Waals surface area contributed by atoms with E-state index in [9.17, 15) is 13.9 Å². The quantitative estimate of drug-likeness (QED) is 0.658. The van der Waals surface area contributed by atoms with Crippen molar-refractivity contribution in [3.8, 4) is 17.0 Å². The molecule has 0 unspecified atom stereocenters. The zero-order valence-corrected chi connectivity index (χ0v) is 13.6. The van der Waals surface area contributed by atoms with Crippen LogP contribution in [0.5, 0.6) is 5.75 Å². The van der Waals surface area contributed by atoms with Gasteiger partial charge in [0.25, 0.3) is 0 Å². The highest BCUT2D eigenvalue weighted by Crippen LogP contribution is 2.32. The molecule has 0 radical (unpaired) electrons. The van der Waals surface area contributed by atoms with E-state index in [0.29, 0.717) is 16.4 Å². The Labute approximate surface area is 140 Å². The van der Waals surface area contributed by atoms with Crippen molar-refractivity contribution in [2.75, 3.05) is 5.32 Å². The number of anilines is 2. The summed E-state index contributed by atoms with van der Waals surface area (Å²) in [6.07, 6.45) is 0. The van der Waals surface area contributed by atoms with Gasteiger partial charge in [0.2, 0.25) is 0 Å². The largest absolute Gasteiger partial charge is 0.507 e. The summed E-state index contributed by atoms with van der Waals surface area (Å²) < 4.78 is 26.7. The molecule has 1 heterocycles. The molecule has 0 saturated carbocycles. The number of rotatable bonds is 3. The number of para-hydroxylation sites is 1. The van der Waals surface area contributed by atoms with Crippen molar-refractivity contribution in [1.82, 2.24) is 4.98 Å². The van der Waals surface area contributed by atoms with E-state index >= 15 is 0 Å². The molecule has 1 aromatic heterocycles. The molecule has 0 fully saturated rings. The zero-order valence-electron chi connectivity index (χ0n) is 11.1. The van der Waals surface area contributed by atoms with Gasteiger partial charge in [0.1, 0.15) is 17.4 Å². The third-order valence-corrected chi connectivity index (χ3v) is 3.61. The maximum absolute atomic E-state index is 13.6. The van der Waals surface area contributed by atoms with Crippen LogP contribution in [0.4, 0.5) is 19.6 Å². The average Bonchev–Trinajstić information content (AvgIpc) is 2.92. The molecule has 0 spiro atoms. The Morgan fingerprint density at radius 3 is 2.64 bits per heavy atom. The van der Waals surface area contributed by atoms with Crippen LogP contribution in [-0.4, -0.2) is 10.1 Å². The number of aromatic hydroxyl groups is 1. The van der Waals surface area contributed by atoms with E-state index in [2.05, 4.69) is 10.3 Å². The molecule has 0 bridgehead atoms. The number of aromatic nitrogens is 1. The lowest BCUT2D eigenvalue weighted by atomic mass is 10.1. The van der Waals surface area contributed by atoms with E-state index < -0.39 is 11.6 Å². The summed E-state index contributed by atoms with van der Waals surface area (Å²) in [5.41, 5.74) is 1.17. The lowest BCUT2D eigenvalue weighted by Crippen LogP contribution is -1.94. The van der Waals surface area contributed by atoms with E-state index in [-0.39, 0.29) is 28.4 Å². The minimum absolute atomic E-state index is 0. The molecule has 2 aromatic carbocycles. The van der Waals surface area contributed by atoms with E-state index in [1.807, 2.05) is 0 Å². The number of nitrogens with one attached hydrogen (secondary N) is 1. The highest BCUT2D eigenvalue weighted by atomic mass is 79.9. The molecule has 0 atom stereocenters. The molecule has 22 heavy (non-hydrogen) atoms. The molecule has 0 aliphatic heterocycles. The first-order valence-electron chi connectivity index (χ1n) is 6.09. The molecular weight excluding hydrogens is 374 g/mol. The molecule has 0 aliphatic carbocycles. The summed E-state index contributed by atoms with van der Waals surface area (Å²) in [6, 6.07) is 9.96. The number of phenolic OH excluding ortho intramolecular Hbond substituents is 1. The van der Waals surface area contributed by atoms with Gasteiger partial charge < -0.3 is 10.4 Å². The number of halogens is 3. The van der Waals surface area contributed by atoms with Crippen LogP contribution in [0.15, 0.2) is 47.8 Å². The Morgan fingerprint density at radius 1 is 1.09 bits per heavy atom. The predicted octanol–water partition coefficient (Wildman–Crippen LogP) is 5.12. The fourth-order valence-electron chi connectivity index (χ4n) is 1.85. The topological polar surface area (TPSA) is 45.1 Å². The Kier molecular flexibility index (Phi) is 5.10. The van der Waals surface area contributed by atoms with E-state index in [1.165, 1.54) is 11.3 Å². The van der Waals surface area contributed by atoms with Crippen LogP contribution in [0.3, 0.4) is 0 Å². The Bertz CT molecular complexity index is 795. The first-order valence-corrected chi connectivity index (χ1v) is 6.97. The van der Waals surface area contributed by atoms with Crippen LogP contribution in [0.2, 0.25) is 0 Å². The van der Waals surface area contributed by atoms with Gasteiger partial charge in [-0.2, -0.15) is 0 Å². The number of nitrogens with zero attached hydrogens (tertiary/aromatic N) is 1. The van der Waals surface area contributed by atoms with Crippen LogP contribution in [0.25, 0.3) is 11.3 Å². The minimum atomic E-state index is -0.560. The van der Waals surface area contributed by atoms with Gasteiger partial charge >= 0.3 is 0 Å². The van der Waals surface area contributed by atoms with Crippen LogP contribution in [0.1, 0.15) is 0 Å². The molecule has 2 N–H and O–H groups in total. The third kappa shape index (κ3) is 3.42. The zero-order chi connectivity index (χ0) is 14.8. The second kappa shape index (κ2) is 6.85. The van der Waals surface area contributed by atoms with Crippen molar-refractivity contribution in [2.45, 2.75) is 0 Å². The Morgan fingerprint density at radius 2 is 1.86 bits per heavy atom. The summed E-state index contributed by atoms with van der Waals surface area (Å²) >= 11 is 1.24. The maximum atomic E-state index is 13.6. The van der Waals surface area contributed by atoms with E-state index in [0.717, 1.165) is 18.2 Å². The summed E-state index contributed by atoms with van der Waals surface area (Å²) in [6.45, 7) is 0. The number of hydrogen-bond donors (Lipinski definition) is 2. The van der Waals surface area contributed by atoms with Gasteiger partial charge in [0.05, 0.1) is 11.4 Å². The van der Waals surface area contributed by atoms with Gasteiger partial charge in [-0.3, -0.25) is 0 Å². The van der Waals surface area contributed by atoms with Gasteiger partial charge in [-0.05, 0) is 24.3 Å². The first-order chi connectivity index (χ1) is 10.1. The Hall–Kier alpha value is -1.99. The number of hydrogen-bond acceptors (Lipinski definition) is 4. The summed E-state index contributed by atoms with van der Waals surface area (Å²) in [7, 11) is 0. The number of phenols is 1. The van der Waals surface area contributed by atoms with Gasteiger partial charge in [-0.15, -0.1) is 28.3 Å². The maximum Gasteiger partial charge on any atom is 0.187 e. The van der Waals surface area contributed by atoms with Crippen molar-refractivity contribution in [3.63, 3.8) is 0 Å². The van der Waals surface area contributed by atoms with Gasteiger partial charge in [-0.25, -0.2) is 13.8 Å². The van der Waals surface area contributed by atoms with Crippen molar-refractivity contribution in [1.29, 1.82) is 0 Å². The highest BCUT2D eigenvalue weighted by molar-refractivity contribution is 8.93. The fourth-order valence-corrected chi connectivity index (χ4v) is 2.58. The summed E-state index contributed by atoms with van der Waals surface area (Å²) in [5.74, 6) is -0.974. The predicted molar refractivity (Wildman–Crippen MR) is 89.2 cm³/mol. The fraction of sp³-hybridized carbons (Fsp3) is 0. The standard InChI is InChI=1S/C15H10F2N2OS.BrH/c16-9-5-6-11(17)12(7-9)18-15-19-13(8-21-15)10-3-1-2-4-14(10)20;/h1-8,20H,(H,18,19);1H. The molecule has 0 amide bonds. The minimum Gasteiger partial charge on any atom is -0.507 e. The van der Waals surface area contributed by atoms with E-state index in [4.69, 9.17) is 0 Å². The molecule has 0 aliphatic rings. The molecule has 0 saturated heterocycles. The van der Waals surface area contributed by atoms with Crippen molar-refractivity contribution in [3.05, 3.63) is 59.5 Å². The SMILES string of the molecule is Br.Oc1ccccc1-c1csc(Nc2cc(F)ccc2F)n1. The van der Waals surface area contributed by atoms with Crippen LogP contribution in [0, 0.1) is 11.6 Å². The van der Waals surface area contributed by atoms with Gasteiger partial charge in [-0.1, -0.05) is 12.1 Å². The second-order valence-electron chi connectivity index (χ2n) is 4.30. The molecule has 7 heteroatoms. The van der Waals surface area contributed by atoms with Crippen molar-refractivity contribution >= 4 is 39.1 Å². The smallest absolute Gasteiger partial charge is 0.187 e. The van der Waals surface area contributed by atoms with Crippen LogP contribution < -0.4 is 5.32 Å². The highest BCUT2D eigenvalue weighted by Gasteiger charge is 2.10. The van der Waals surface area contributed by atoms with E-state index in [1.54, 1.807) is 29.6 Å². The van der Waals surface area contributed by atoms with Crippen LogP contribution in [-0.2, 0) is 0 Å². The normalized spacial score (nSPS) is 10.1. The summed E-state index contributed by atoms with van der Waals surface area (Å²) in [5, 5.41) is 14.7. The van der Waals surface area contributed by atoms with Crippen LogP contribution >= 0.6 is 28.3 Å². The molecule has 114 valence electrons. The second-order valence-corrected chi connectivity index (χ2v) is 5.16. The molecular formula is C15H11BrF2N2OS. The monoisotopic (exact) mass is 384 g/mol. The van der Waals surface area contributed by atoms with Crippen molar-refractivity contribution in [2.24, 2.45) is 0 Å². The average molecular weight is 385 g/mol. The van der Waals surface area contributed by atoms with Gasteiger partial charge in [0.15, 0.2) is 5.13 Å². The summed E-state index contributed by atoms with van der Waals surface area (Å²) in [4.78, 5) is 4.27. The number of benzene rings is 2. The number of thiazole rings is 1. The van der Waals surface area contributed by atoms with Gasteiger partial charge in [0, 0.05) is 17.0 Å². The first kappa shape index (κ1) is 16.4. The lowest BCUT2D eigenvalue weighted by molar-refractivity contribution is 0.477.